The molecule has 3 aromatic carbocycles. The van der Waals surface area contributed by atoms with Gasteiger partial charge in [-0.05, 0) is 72.2 Å². The number of benzene rings is 3. The summed E-state index contributed by atoms with van der Waals surface area (Å²) in [4.78, 5) is 15.9. The van der Waals surface area contributed by atoms with Crippen molar-refractivity contribution in [2.45, 2.75) is 12.8 Å². The number of fused-ring (bicyclic) bond motifs is 1. The van der Waals surface area contributed by atoms with E-state index in [1.54, 1.807) is 23.5 Å². The van der Waals surface area contributed by atoms with Crippen LogP contribution >= 0.6 is 22.9 Å². The molecular formula is C24H18ClNO3S. The van der Waals surface area contributed by atoms with Crippen LogP contribution in [0.2, 0.25) is 5.02 Å². The predicted molar refractivity (Wildman–Crippen MR) is 122 cm³/mol. The van der Waals surface area contributed by atoms with E-state index in [9.17, 15) is 4.79 Å². The topological polar surface area (TPSA) is 59.4 Å². The molecule has 1 N–H and O–H groups in total. The summed E-state index contributed by atoms with van der Waals surface area (Å²) < 4.78 is 6.99. The van der Waals surface area contributed by atoms with Crippen LogP contribution in [0, 0.1) is 0 Å². The third kappa shape index (κ3) is 5.06. The van der Waals surface area contributed by atoms with Gasteiger partial charge in [0.15, 0.2) is 0 Å². The lowest BCUT2D eigenvalue weighted by molar-refractivity contribution is -0.136. The van der Waals surface area contributed by atoms with E-state index in [4.69, 9.17) is 26.4 Å². The summed E-state index contributed by atoms with van der Waals surface area (Å²) in [6, 6.07) is 22.7. The summed E-state index contributed by atoms with van der Waals surface area (Å²) in [6.45, 7) is 0. The largest absolute Gasteiger partial charge is 0.481 e. The second-order valence-electron chi connectivity index (χ2n) is 6.68. The van der Waals surface area contributed by atoms with Crippen LogP contribution < -0.4 is 4.74 Å². The molecule has 6 heteroatoms. The maximum absolute atomic E-state index is 11.2. The van der Waals surface area contributed by atoms with E-state index in [1.165, 1.54) is 0 Å². The minimum Gasteiger partial charge on any atom is -0.481 e. The smallest absolute Gasteiger partial charge is 0.303 e. The van der Waals surface area contributed by atoms with Crippen LogP contribution in [0.25, 0.3) is 21.9 Å². The summed E-state index contributed by atoms with van der Waals surface area (Å²) in [7, 11) is 0. The fourth-order valence-corrected chi connectivity index (χ4v) is 4.13. The number of thiazole rings is 1. The first kappa shape index (κ1) is 20.1. The molecule has 0 fully saturated rings. The number of carboxylic acids is 1. The molecule has 1 aromatic heterocycles. The van der Waals surface area contributed by atoms with E-state index in [1.807, 2.05) is 66.7 Å². The molecule has 0 aliphatic carbocycles. The van der Waals surface area contributed by atoms with Gasteiger partial charge in [-0.2, -0.15) is 0 Å². The zero-order valence-corrected chi connectivity index (χ0v) is 17.5. The van der Waals surface area contributed by atoms with Gasteiger partial charge in [0.25, 0.3) is 0 Å². The number of hydrogen-bond acceptors (Lipinski definition) is 4. The first-order chi connectivity index (χ1) is 14.6. The van der Waals surface area contributed by atoms with Gasteiger partial charge >= 0.3 is 5.97 Å². The standard InChI is InChI=1S/C24H18ClNO3S/c25-18-9-11-19(12-10-18)29-20-5-3-4-16(15-20)14-17(8-13-23(27)28)24-26-21-6-1-2-7-22(21)30-24/h1-7,9-12,14-15H,8,13H2,(H,27,28)/b17-14-. The van der Waals surface area contributed by atoms with Crippen LogP contribution in [0.15, 0.2) is 72.8 Å². The molecule has 4 rings (SSSR count). The van der Waals surface area contributed by atoms with Crippen molar-refractivity contribution < 1.29 is 14.6 Å². The average Bonchev–Trinajstić information content (AvgIpc) is 3.17. The Morgan fingerprint density at radius 2 is 1.80 bits per heavy atom. The molecule has 0 amide bonds. The molecule has 1 heterocycles. The molecule has 4 aromatic rings. The Balaban J connectivity index is 1.65. The molecule has 0 aliphatic rings. The number of allylic oxidation sites excluding steroid dienone is 1. The molecule has 4 nitrogen and oxygen atoms in total. The Bertz CT molecular complexity index is 1180. The minimum atomic E-state index is -0.832. The van der Waals surface area contributed by atoms with Crippen LogP contribution in [0.5, 0.6) is 11.5 Å². The summed E-state index contributed by atoms with van der Waals surface area (Å²) in [5.41, 5.74) is 2.72. The minimum absolute atomic E-state index is 0.0444. The Morgan fingerprint density at radius 3 is 2.57 bits per heavy atom. The fourth-order valence-electron chi connectivity index (χ4n) is 3.00. The molecule has 0 spiro atoms. The van der Waals surface area contributed by atoms with Gasteiger partial charge in [-0.15, -0.1) is 11.3 Å². The highest BCUT2D eigenvalue weighted by Crippen LogP contribution is 2.32. The molecule has 0 atom stereocenters. The second-order valence-corrected chi connectivity index (χ2v) is 8.15. The van der Waals surface area contributed by atoms with E-state index < -0.39 is 5.97 Å². The van der Waals surface area contributed by atoms with Crippen molar-refractivity contribution in [3.05, 3.63) is 88.4 Å². The van der Waals surface area contributed by atoms with Crippen LogP contribution in [0.4, 0.5) is 0 Å². The number of halogens is 1. The number of ether oxygens (including phenoxy) is 1. The highest BCUT2D eigenvalue weighted by Gasteiger charge is 2.11. The number of carbonyl (C=O) groups is 1. The molecule has 0 saturated carbocycles. The molecule has 0 saturated heterocycles. The monoisotopic (exact) mass is 435 g/mol. The third-order valence-electron chi connectivity index (χ3n) is 4.43. The number of nitrogens with zero attached hydrogens (tertiary/aromatic N) is 1. The van der Waals surface area contributed by atoms with Crippen LogP contribution in [0.3, 0.4) is 0 Å². The van der Waals surface area contributed by atoms with E-state index >= 15 is 0 Å². The zero-order chi connectivity index (χ0) is 20.9. The lowest BCUT2D eigenvalue weighted by Gasteiger charge is -2.08. The van der Waals surface area contributed by atoms with Crippen molar-refractivity contribution in [2.24, 2.45) is 0 Å². The van der Waals surface area contributed by atoms with Crippen molar-refractivity contribution in [2.75, 3.05) is 0 Å². The van der Waals surface area contributed by atoms with Crippen molar-refractivity contribution in [1.82, 2.24) is 4.98 Å². The normalized spacial score (nSPS) is 11.6. The van der Waals surface area contributed by atoms with Gasteiger partial charge in [-0.3, -0.25) is 4.79 Å². The van der Waals surface area contributed by atoms with Crippen LogP contribution in [-0.2, 0) is 4.79 Å². The van der Waals surface area contributed by atoms with Gasteiger partial charge in [0, 0.05) is 11.4 Å². The van der Waals surface area contributed by atoms with E-state index in [0.717, 1.165) is 26.4 Å². The SMILES string of the molecule is O=C(O)CC/C(=C/c1cccc(Oc2ccc(Cl)cc2)c1)c1nc2ccccc2s1. The van der Waals surface area contributed by atoms with Gasteiger partial charge in [0.05, 0.1) is 10.2 Å². The van der Waals surface area contributed by atoms with Gasteiger partial charge in [-0.25, -0.2) is 4.98 Å². The Labute approximate surface area is 183 Å². The number of hydrogen-bond donors (Lipinski definition) is 1. The highest BCUT2D eigenvalue weighted by molar-refractivity contribution is 7.19. The molecule has 150 valence electrons. The summed E-state index contributed by atoms with van der Waals surface area (Å²) in [6.07, 6.45) is 2.43. The van der Waals surface area contributed by atoms with Crippen LogP contribution in [0.1, 0.15) is 23.4 Å². The first-order valence-electron chi connectivity index (χ1n) is 9.38. The molecule has 0 aliphatic heterocycles. The zero-order valence-electron chi connectivity index (χ0n) is 15.9. The Hall–Kier alpha value is -3.15. The molecule has 30 heavy (non-hydrogen) atoms. The molecular weight excluding hydrogens is 418 g/mol. The first-order valence-corrected chi connectivity index (χ1v) is 10.6. The number of carboxylic acid groups (broad SMARTS) is 1. The van der Waals surface area contributed by atoms with Gasteiger partial charge in [0.2, 0.25) is 0 Å². The number of rotatable bonds is 7. The third-order valence-corrected chi connectivity index (χ3v) is 5.79. The van der Waals surface area contributed by atoms with Gasteiger partial charge in [-0.1, -0.05) is 35.9 Å². The maximum Gasteiger partial charge on any atom is 0.303 e. The number of para-hydroxylation sites is 1. The average molecular weight is 436 g/mol. The van der Waals surface area contributed by atoms with Crippen molar-refractivity contribution in [3.63, 3.8) is 0 Å². The molecule has 0 bridgehead atoms. The fraction of sp³-hybridized carbons (Fsp3) is 0.0833. The predicted octanol–water partition coefficient (Wildman–Crippen LogP) is 7.15. The lowest BCUT2D eigenvalue weighted by Crippen LogP contribution is -1.95. The van der Waals surface area contributed by atoms with E-state index in [-0.39, 0.29) is 6.42 Å². The Morgan fingerprint density at radius 1 is 1.00 bits per heavy atom. The number of aromatic nitrogens is 1. The summed E-state index contributed by atoms with van der Waals surface area (Å²) >= 11 is 7.49. The van der Waals surface area contributed by atoms with Crippen molar-refractivity contribution in [3.8, 4) is 11.5 Å². The summed E-state index contributed by atoms with van der Waals surface area (Å²) in [5.74, 6) is 0.549. The maximum atomic E-state index is 11.2. The van der Waals surface area contributed by atoms with E-state index in [0.29, 0.717) is 22.9 Å². The molecule has 0 unspecified atom stereocenters. The van der Waals surface area contributed by atoms with E-state index in [2.05, 4.69) is 0 Å². The highest BCUT2D eigenvalue weighted by atomic mass is 35.5. The van der Waals surface area contributed by atoms with Crippen molar-refractivity contribution in [1.29, 1.82) is 0 Å². The van der Waals surface area contributed by atoms with Gasteiger partial charge < -0.3 is 9.84 Å². The van der Waals surface area contributed by atoms with Crippen molar-refractivity contribution >= 4 is 50.8 Å². The molecule has 0 radical (unpaired) electrons. The van der Waals surface area contributed by atoms with Gasteiger partial charge in [0.1, 0.15) is 16.5 Å². The quantitative estimate of drug-likeness (QED) is 0.335. The number of aliphatic carboxylic acids is 1. The second kappa shape index (κ2) is 9.11. The lowest BCUT2D eigenvalue weighted by atomic mass is 10.1. The Kier molecular flexibility index (Phi) is 6.12. The summed E-state index contributed by atoms with van der Waals surface area (Å²) in [5, 5.41) is 10.7. The van der Waals surface area contributed by atoms with Crippen LogP contribution in [-0.4, -0.2) is 16.1 Å².